The molecule has 3 nitrogen and oxygen atoms in total. The molecule has 1 aliphatic rings. The van der Waals surface area contributed by atoms with Crippen molar-refractivity contribution in [2.24, 2.45) is 0 Å². The molecule has 5 heteroatoms. The number of anilines is 1. The first-order chi connectivity index (χ1) is 7.66. The van der Waals surface area contributed by atoms with Gasteiger partial charge in [-0.15, -0.1) is 12.4 Å². The smallest absolute Gasteiger partial charge is 0.241 e. The van der Waals surface area contributed by atoms with Gasteiger partial charge in [-0.05, 0) is 50.1 Å². The largest absolute Gasteiger partial charge is 0.325 e. The van der Waals surface area contributed by atoms with E-state index in [1.54, 1.807) is 19.1 Å². The van der Waals surface area contributed by atoms with Gasteiger partial charge in [0, 0.05) is 5.69 Å². The highest BCUT2D eigenvalue weighted by atomic mass is 35.5. The molecule has 2 N–H and O–H groups in total. The summed E-state index contributed by atoms with van der Waals surface area (Å²) in [4.78, 5) is 11.7. The van der Waals surface area contributed by atoms with Crippen LogP contribution < -0.4 is 10.6 Å². The molecule has 1 aromatic carbocycles. The summed E-state index contributed by atoms with van der Waals surface area (Å²) >= 11 is 0. The molecule has 0 radical (unpaired) electrons. The minimum atomic E-state index is -0.253. The molecular formula is C12H16ClFN2O. The second kappa shape index (κ2) is 5.98. The first-order valence-corrected chi connectivity index (χ1v) is 5.47. The Kier molecular flexibility index (Phi) is 4.90. The van der Waals surface area contributed by atoms with Gasteiger partial charge >= 0.3 is 0 Å². The number of amides is 1. The first kappa shape index (κ1) is 13.9. The van der Waals surface area contributed by atoms with Crippen LogP contribution in [0.15, 0.2) is 18.2 Å². The Labute approximate surface area is 106 Å². The monoisotopic (exact) mass is 258 g/mol. The molecule has 1 amide bonds. The molecule has 2 rings (SSSR count). The Bertz CT molecular complexity index is 405. The molecule has 1 fully saturated rings. The van der Waals surface area contributed by atoms with Crippen LogP contribution in [0.3, 0.4) is 0 Å². The van der Waals surface area contributed by atoms with Crippen LogP contribution in [0.5, 0.6) is 0 Å². The topological polar surface area (TPSA) is 41.1 Å². The Morgan fingerprint density at radius 1 is 1.53 bits per heavy atom. The molecule has 17 heavy (non-hydrogen) atoms. The van der Waals surface area contributed by atoms with Crippen LogP contribution in [0.4, 0.5) is 10.1 Å². The molecular weight excluding hydrogens is 243 g/mol. The fraction of sp³-hybridized carbons (Fsp3) is 0.417. The lowest BCUT2D eigenvalue weighted by atomic mass is 10.2. The van der Waals surface area contributed by atoms with E-state index in [4.69, 9.17) is 0 Å². The third kappa shape index (κ3) is 3.41. The first-order valence-electron chi connectivity index (χ1n) is 5.47. The highest BCUT2D eigenvalue weighted by molar-refractivity contribution is 5.95. The van der Waals surface area contributed by atoms with Crippen molar-refractivity contribution >= 4 is 24.0 Å². The number of benzene rings is 1. The van der Waals surface area contributed by atoms with Crippen LogP contribution in [0, 0.1) is 12.7 Å². The zero-order chi connectivity index (χ0) is 11.5. The summed E-state index contributed by atoms with van der Waals surface area (Å²) < 4.78 is 13.0. The van der Waals surface area contributed by atoms with Crippen LogP contribution in [-0.2, 0) is 4.79 Å². The maximum Gasteiger partial charge on any atom is 0.241 e. The number of aryl methyl sites for hydroxylation is 1. The predicted octanol–water partition coefficient (Wildman–Crippen LogP) is 2.25. The number of carbonyl (C=O) groups excluding carboxylic acids is 1. The van der Waals surface area contributed by atoms with Crippen molar-refractivity contribution in [2.75, 3.05) is 11.9 Å². The number of carbonyl (C=O) groups is 1. The van der Waals surface area contributed by atoms with Gasteiger partial charge in [0.1, 0.15) is 5.82 Å². The van der Waals surface area contributed by atoms with Gasteiger partial charge in [0.15, 0.2) is 0 Å². The van der Waals surface area contributed by atoms with Gasteiger partial charge in [-0.1, -0.05) is 0 Å². The van der Waals surface area contributed by atoms with Crippen molar-refractivity contribution in [3.05, 3.63) is 29.6 Å². The van der Waals surface area contributed by atoms with Crippen molar-refractivity contribution in [1.29, 1.82) is 0 Å². The van der Waals surface area contributed by atoms with Crippen molar-refractivity contribution < 1.29 is 9.18 Å². The molecule has 1 saturated heterocycles. The van der Waals surface area contributed by atoms with E-state index in [1.165, 1.54) is 6.07 Å². The van der Waals surface area contributed by atoms with Crippen LogP contribution in [-0.4, -0.2) is 18.5 Å². The van der Waals surface area contributed by atoms with Gasteiger partial charge in [-0.25, -0.2) is 4.39 Å². The lowest BCUT2D eigenvalue weighted by Crippen LogP contribution is -2.35. The van der Waals surface area contributed by atoms with Gasteiger partial charge in [0.25, 0.3) is 0 Å². The summed E-state index contributed by atoms with van der Waals surface area (Å²) in [5.74, 6) is -0.291. The summed E-state index contributed by atoms with van der Waals surface area (Å²) in [6.07, 6.45) is 1.90. The number of hydrogen-bond donors (Lipinski definition) is 2. The van der Waals surface area contributed by atoms with Crippen molar-refractivity contribution in [3.63, 3.8) is 0 Å². The van der Waals surface area contributed by atoms with Gasteiger partial charge in [0.05, 0.1) is 6.04 Å². The molecule has 1 atom stereocenters. The van der Waals surface area contributed by atoms with E-state index in [0.29, 0.717) is 11.3 Å². The van der Waals surface area contributed by atoms with Gasteiger partial charge < -0.3 is 10.6 Å². The molecule has 0 aromatic heterocycles. The van der Waals surface area contributed by atoms with Crippen LogP contribution >= 0.6 is 12.4 Å². The minimum Gasteiger partial charge on any atom is -0.325 e. The van der Waals surface area contributed by atoms with Crippen molar-refractivity contribution in [3.8, 4) is 0 Å². The molecule has 1 unspecified atom stereocenters. The molecule has 94 valence electrons. The number of halogens is 2. The molecule has 0 spiro atoms. The molecule has 0 saturated carbocycles. The summed E-state index contributed by atoms with van der Waals surface area (Å²) in [5, 5.41) is 5.90. The minimum absolute atomic E-state index is 0. The molecule has 0 aliphatic carbocycles. The molecule has 1 aliphatic heterocycles. The van der Waals surface area contributed by atoms with Crippen molar-refractivity contribution in [2.45, 2.75) is 25.8 Å². The van der Waals surface area contributed by atoms with Crippen LogP contribution in [0.25, 0.3) is 0 Å². The quantitative estimate of drug-likeness (QED) is 0.854. The standard InChI is InChI=1S/C12H15FN2O.ClH/c1-8-7-9(4-5-10(8)13)15-12(16)11-3-2-6-14-11;/h4-5,7,11,14H,2-3,6H2,1H3,(H,15,16);1H. The van der Waals surface area contributed by atoms with E-state index in [1.807, 2.05) is 0 Å². The van der Waals surface area contributed by atoms with E-state index in [9.17, 15) is 9.18 Å². The van der Waals surface area contributed by atoms with Gasteiger partial charge in [0.2, 0.25) is 5.91 Å². The maximum absolute atomic E-state index is 13.0. The van der Waals surface area contributed by atoms with E-state index < -0.39 is 0 Å². The van der Waals surface area contributed by atoms with Crippen LogP contribution in [0.2, 0.25) is 0 Å². The highest BCUT2D eigenvalue weighted by Crippen LogP contribution is 2.15. The van der Waals surface area contributed by atoms with Gasteiger partial charge in [-0.2, -0.15) is 0 Å². The Hall–Kier alpha value is -1.13. The maximum atomic E-state index is 13.0. The fourth-order valence-corrected chi connectivity index (χ4v) is 1.86. The fourth-order valence-electron chi connectivity index (χ4n) is 1.86. The zero-order valence-corrected chi connectivity index (χ0v) is 10.4. The van der Waals surface area contributed by atoms with Crippen LogP contribution in [0.1, 0.15) is 18.4 Å². The predicted molar refractivity (Wildman–Crippen MR) is 68.0 cm³/mol. The summed E-state index contributed by atoms with van der Waals surface area (Å²) in [6, 6.07) is 4.48. The zero-order valence-electron chi connectivity index (χ0n) is 9.63. The third-order valence-corrected chi connectivity index (χ3v) is 2.80. The summed E-state index contributed by atoms with van der Waals surface area (Å²) in [7, 11) is 0. The summed E-state index contributed by atoms with van der Waals surface area (Å²) in [5.41, 5.74) is 1.19. The number of nitrogens with one attached hydrogen (secondary N) is 2. The Morgan fingerprint density at radius 2 is 2.29 bits per heavy atom. The van der Waals surface area contributed by atoms with E-state index in [-0.39, 0.29) is 30.2 Å². The van der Waals surface area contributed by atoms with E-state index in [2.05, 4.69) is 10.6 Å². The summed E-state index contributed by atoms with van der Waals surface area (Å²) in [6.45, 7) is 2.57. The van der Waals surface area contributed by atoms with E-state index >= 15 is 0 Å². The SMILES string of the molecule is Cc1cc(NC(=O)C2CCCN2)ccc1F.Cl. The Morgan fingerprint density at radius 3 is 2.88 bits per heavy atom. The second-order valence-electron chi connectivity index (χ2n) is 4.10. The normalized spacial score (nSPS) is 18.6. The molecule has 0 bridgehead atoms. The third-order valence-electron chi connectivity index (χ3n) is 2.80. The second-order valence-corrected chi connectivity index (χ2v) is 4.10. The highest BCUT2D eigenvalue weighted by Gasteiger charge is 2.21. The van der Waals surface area contributed by atoms with Gasteiger partial charge in [-0.3, -0.25) is 4.79 Å². The molecule has 1 heterocycles. The average molecular weight is 259 g/mol. The lowest BCUT2D eigenvalue weighted by molar-refractivity contribution is -0.117. The average Bonchev–Trinajstić information content (AvgIpc) is 2.77. The number of rotatable bonds is 2. The number of hydrogen-bond acceptors (Lipinski definition) is 2. The lowest BCUT2D eigenvalue weighted by Gasteiger charge is -2.11. The van der Waals surface area contributed by atoms with E-state index in [0.717, 1.165) is 19.4 Å². The van der Waals surface area contributed by atoms with Crippen molar-refractivity contribution in [1.82, 2.24) is 5.32 Å². The molecule has 1 aromatic rings. The Balaban J connectivity index is 0.00000144.